The summed E-state index contributed by atoms with van der Waals surface area (Å²) < 4.78 is 60.6. The Balaban J connectivity index is 1.66. The Morgan fingerprint density at radius 3 is 2.89 bits per heavy atom. The molecule has 4 rings (SSSR count). The molecule has 3 N–H and O–H groups in total. The number of carbonyl (C=O) groups excluding carboxylic acids is 1. The number of nitrogens with zero attached hydrogens (tertiary/aromatic N) is 4. The third kappa shape index (κ3) is 6.12. The number of halogens is 4. The molecule has 0 bridgehead atoms. The number of methoxy groups -OCH3 is 1. The minimum Gasteiger partial charge on any atom is -0.493 e. The van der Waals surface area contributed by atoms with Crippen molar-refractivity contribution in [3.63, 3.8) is 0 Å². The van der Waals surface area contributed by atoms with E-state index in [1.807, 2.05) is 0 Å². The van der Waals surface area contributed by atoms with Crippen LogP contribution in [0.25, 0.3) is 5.52 Å². The minimum atomic E-state index is -4.57. The third-order valence-corrected chi connectivity index (χ3v) is 6.03. The zero-order valence-electron chi connectivity index (χ0n) is 19.6. The van der Waals surface area contributed by atoms with Gasteiger partial charge >= 0.3 is 5.51 Å². The molecule has 0 unspecified atom stereocenters. The Morgan fingerprint density at radius 2 is 2.22 bits per heavy atom. The molecule has 1 aliphatic heterocycles. The molecule has 194 valence electrons. The van der Waals surface area contributed by atoms with E-state index in [-0.39, 0.29) is 70.5 Å². The number of aliphatic imine (C=N–C) groups is 1. The molecule has 3 aromatic heterocycles. The molecule has 3 aromatic rings. The quantitative estimate of drug-likeness (QED) is 0.253. The van der Waals surface area contributed by atoms with E-state index in [9.17, 15) is 22.4 Å². The molecule has 0 aliphatic carbocycles. The van der Waals surface area contributed by atoms with Crippen molar-refractivity contribution in [1.29, 1.82) is 0 Å². The highest BCUT2D eigenvalue weighted by atomic mass is 32.2. The van der Waals surface area contributed by atoms with Crippen molar-refractivity contribution in [3.8, 4) is 17.6 Å². The van der Waals surface area contributed by atoms with Gasteiger partial charge in [0.15, 0.2) is 23.6 Å². The largest absolute Gasteiger partial charge is 0.493 e. The lowest BCUT2D eigenvalue weighted by Gasteiger charge is -2.09. The highest BCUT2D eigenvalue weighted by Gasteiger charge is 2.32. The van der Waals surface area contributed by atoms with E-state index in [1.165, 1.54) is 43.1 Å². The van der Waals surface area contributed by atoms with E-state index >= 15 is 0 Å². The maximum absolute atomic E-state index is 14.0. The first-order valence-electron chi connectivity index (χ1n) is 10.9. The molecule has 14 heteroatoms. The molecule has 0 aromatic carbocycles. The maximum Gasteiger partial charge on any atom is 0.447 e. The van der Waals surface area contributed by atoms with Crippen molar-refractivity contribution in [2.75, 3.05) is 39.1 Å². The van der Waals surface area contributed by atoms with Gasteiger partial charge in [0.2, 0.25) is 0 Å². The zero-order chi connectivity index (χ0) is 26.6. The van der Waals surface area contributed by atoms with Crippen LogP contribution < -0.4 is 20.7 Å². The fourth-order valence-corrected chi connectivity index (χ4v) is 4.21. The van der Waals surface area contributed by atoms with Crippen LogP contribution in [0.1, 0.15) is 16.1 Å². The molecule has 1 saturated heterocycles. The van der Waals surface area contributed by atoms with E-state index in [2.05, 4.69) is 42.8 Å². The van der Waals surface area contributed by atoms with Gasteiger partial charge in [0.05, 0.1) is 30.4 Å². The van der Waals surface area contributed by atoms with Crippen LogP contribution in [0.2, 0.25) is 0 Å². The summed E-state index contributed by atoms with van der Waals surface area (Å²) in [5.41, 5.74) is -3.84. The zero-order valence-corrected chi connectivity index (χ0v) is 20.4. The van der Waals surface area contributed by atoms with E-state index in [4.69, 9.17) is 4.74 Å². The predicted octanol–water partition coefficient (Wildman–Crippen LogP) is 3.19. The molecule has 1 amide bonds. The summed E-state index contributed by atoms with van der Waals surface area (Å²) in [6.07, 6.45) is 1.38. The van der Waals surface area contributed by atoms with Gasteiger partial charge in [-0.1, -0.05) is 11.8 Å². The van der Waals surface area contributed by atoms with Gasteiger partial charge in [0.25, 0.3) is 5.91 Å². The van der Waals surface area contributed by atoms with Gasteiger partial charge in [0.1, 0.15) is 10.7 Å². The van der Waals surface area contributed by atoms with Crippen molar-refractivity contribution >= 4 is 40.5 Å². The molecule has 9 nitrogen and oxygen atoms in total. The van der Waals surface area contributed by atoms with E-state index < -0.39 is 17.6 Å². The monoisotopic (exact) mass is 535 g/mol. The number of pyridine rings is 1. The Labute approximate surface area is 213 Å². The number of hydrogen-bond donors (Lipinski definition) is 3. The molecule has 1 atom stereocenters. The second kappa shape index (κ2) is 11.1. The number of nitrogens with one attached hydrogen (secondary N) is 3. The summed E-state index contributed by atoms with van der Waals surface area (Å²) in [5, 5.41) is 8.06. The smallest absolute Gasteiger partial charge is 0.447 e. The average molecular weight is 536 g/mol. The van der Waals surface area contributed by atoms with Gasteiger partial charge in [0, 0.05) is 44.3 Å². The molecule has 0 spiro atoms. The first-order valence-corrected chi connectivity index (χ1v) is 11.7. The summed E-state index contributed by atoms with van der Waals surface area (Å²) in [5.74, 6) is 5.83. The number of anilines is 1. The molecule has 1 fully saturated rings. The number of alkyl halides is 4. The Hall–Kier alpha value is -3.83. The number of ether oxygens (including phenoxy) is 1. The van der Waals surface area contributed by atoms with Gasteiger partial charge in [-0.2, -0.15) is 13.2 Å². The summed E-state index contributed by atoms with van der Waals surface area (Å²) in [6.45, 7) is 0.338. The van der Waals surface area contributed by atoms with Gasteiger partial charge in [-0.05, 0) is 18.2 Å². The number of aromatic nitrogens is 3. The first kappa shape index (κ1) is 26.2. The summed E-state index contributed by atoms with van der Waals surface area (Å²) in [7, 11) is 2.90. The van der Waals surface area contributed by atoms with Crippen LogP contribution in [0.4, 0.5) is 29.2 Å². The lowest BCUT2D eigenvalue weighted by atomic mass is 10.3. The lowest BCUT2D eigenvalue weighted by Crippen LogP contribution is -2.20. The highest BCUT2D eigenvalue weighted by Crippen LogP contribution is 2.40. The van der Waals surface area contributed by atoms with Crippen LogP contribution in [-0.4, -0.2) is 71.5 Å². The maximum atomic E-state index is 14.0. The topological polar surface area (TPSA) is 105 Å². The normalized spacial score (nSPS) is 16.5. The summed E-state index contributed by atoms with van der Waals surface area (Å²) in [6, 6.07) is 4.49. The Morgan fingerprint density at radius 1 is 1.41 bits per heavy atom. The van der Waals surface area contributed by atoms with Crippen LogP contribution in [0.15, 0.2) is 40.6 Å². The minimum absolute atomic E-state index is 0.00845. The summed E-state index contributed by atoms with van der Waals surface area (Å²) >= 11 is -0.316. The van der Waals surface area contributed by atoms with Gasteiger partial charge in [-0.3, -0.25) is 4.79 Å². The van der Waals surface area contributed by atoms with E-state index in [1.54, 1.807) is 6.07 Å². The Bertz CT molecular complexity index is 1410. The molecule has 37 heavy (non-hydrogen) atoms. The fourth-order valence-electron chi connectivity index (χ4n) is 3.51. The van der Waals surface area contributed by atoms with Crippen molar-refractivity contribution in [2.24, 2.45) is 4.99 Å². The van der Waals surface area contributed by atoms with Crippen LogP contribution in [0.3, 0.4) is 0 Å². The predicted molar refractivity (Wildman–Crippen MR) is 132 cm³/mol. The number of fused-ring (bicyclic) bond motifs is 1. The number of amides is 1. The average Bonchev–Trinajstić information content (AvgIpc) is 3.43. The number of rotatable bonds is 6. The number of hydrogen-bond acceptors (Lipinski definition) is 8. The van der Waals surface area contributed by atoms with Gasteiger partial charge < -0.3 is 25.1 Å². The van der Waals surface area contributed by atoms with Crippen molar-refractivity contribution < 1.29 is 27.1 Å². The second-order valence-corrected chi connectivity index (χ2v) is 8.65. The molecule has 4 heterocycles. The van der Waals surface area contributed by atoms with Crippen molar-refractivity contribution in [1.82, 2.24) is 25.0 Å². The highest BCUT2D eigenvalue weighted by molar-refractivity contribution is 8.00. The molecular formula is C23H21F4N7O2S. The molecule has 0 saturated carbocycles. The van der Waals surface area contributed by atoms with Gasteiger partial charge in [-0.25, -0.2) is 19.4 Å². The number of thioether (sulfide) groups is 1. The van der Waals surface area contributed by atoms with Crippen LogP contribution >= 0.6 is 11.8 Å². The van der Waals surface area contributed by atoms with Crippen molar-refractivity contribution in [3.05, 3.63) is 41.9 Å². The Kier molecular flexibility index (Phi) is 7.84. The van der Waals surface area contributed by atoms with Gasteiger partial charge in [-0.15, -0.1) is 0 Å². The molecule has 1 aliphatic rings. The second-order valence-electron chi connectivity index (χ2n) is 7.60. The SMILES string of the molecule is CNC(=O)c1ccc(OC)c(NCC#Cc2cc3c(N=C4CNC[C@@H]4F)nccn3c2SC(F)(F)F)n1. The van der Waals surface area contributed by atoms with E-state index in [0.29, 0.717) is 5.75 Å². The van der Waals surface area contributed by atoms with Crippen molar-refractivity contribution in [2.45, 2.75) is 16.7 Å². The summed E-state index contributed by atoms with van der Waals surface area (Å²) in [4.78, 5) is 24.4. The lowest BCUT2D eigenvalue weighted by molar-refractivity contribution is -0.0329. The fraction of sp³-hybridized carbons (Fsp3) is 0.304. The standard InChI is InChI=1S/C23H21F4N7O2S/c1-28-21(35)15-5-6-18(36-2)20(32-15)30-7-3-4-13-10-17-19(33-16-12-29-11-14(16)24)31-8-9-34(17)22(13)37-23(25,26)27/h5-6,8-10,14,29H,7,11-12H2,1-2H3,(H,28,35)(H,30,32)/t14-/m0/s1. The van der Waals surface area contributed by atoms with Crippen LogP contribution in [-0.2, 0) is 0 Å². The molecular weight excluding hydrogens is 514 g/mol. The van der Waals surface area contributed by atoms with E-state index in [0.717, 1.165) is 0 Å². The van der Waals surface area contributed by atoms with Crippen LogP contribution in [0.5, 0.6) is 5.75 Å². The third-order valence-electron chi connectivity index (χ3n) is 5.19. The number of carbonyl (C=O) groups is 1. The molecule has 0 radical (unpaired) electrons. The first-order chi connectivity index (χ1) is 17.7. The van der Waals surface area contributed by atoms with Crippen LogP contribution in [0, 0.1) is 11.8 Å².